The lowest BCUT2D eigenvalue weighted by Gasteiger charge is -2.18. The van der Waals surface area contributed by atoms with E-state index in [1.54, 1.807) is 11.3 Å². The summed E-state index contributed by atoms with van der Waals surface area (Å²) in [5, 5.41) is 10.8. The van der Waals surface area contributed by atoms with Crippen LogP contribution in [-0.2, 0) is 5.41 Å². The molecule has 1 fully saturated rings. The van der Waals surface area contributed by atoms with Crippen molar-refractivity contribution in [3.05, 3.63) is 45.9 Å². The van der Waals surface area contributed by atoms with Crippen molar-refractivity contribution in [2.75, 3.05) is 0 Å². The van der Waals surface area contributed by atoms with Gasteiger partial charge in [-0.1, -0.05) is 61.4 Å². The summed E-state index contributed by atoms with van der Waals surface area (Å²) < 4.78 is 0. The number of benzene rings is 1. The van der Waals surface area contributed by atoms with Gasteiger partial charge in [-0.3, -0.25) is 0 Å². The van der Waals surface area contributed by atoms with Crippen LogP contribution >= 0.6 is 11.3 Å². The Morgan fingerprint density at radius 2 is 1.84 bits per heavy atom. The predicted octanol–water partition coefficient (Wildman–Crippen LogP) is 3.42. The molecule has 1 aliphatic carbocycles. The third-order valence-corrected chi connectivity index (χ3v) is 5.40. The molecule has 1 unspecified atom stereocenters. The Kier molecular flexibility index (Phi) is 3.37. The molecule has 1 heterocycles. The zero-order valence-electron chi connectivity index (χ0n) is 11.2. The minimum Gasteiger partial charge on any atom is -0.318 e. The molecule has 1 aromatic heterocycles. The van der Waals surface area contributed by atoms with Gasteiger partial charge in [-0.15, -0.1) is 10.2 Å². The van der Waals surface area contributed by atoms with Gasteiger partial charge in [0, 0.05) is 5.41 Å². The first-order chi connectivity index (χ1) is 9.19. The lowest BCUT2D eigenvalue weighted by molar-refractivity contribution is 0.483. The zero-order chi connectivity index (χ0) is 13.3. The van der Waals surface area contributed by atoms with Crippen LogP contribution < -0.4 is 5.73 Å². The smallest absolute Gasteiger partial charge is 0.138 e. The number of hydrogen-bond acceptors (Lipinski definition) is 4. The molecule has 1 aliphatic rings. The second-order valence-electron chi connectivity index (χ2n) is 5.60. The van der Waals surface area contributed by atoms with Crippen molar-refractivity contribution in [1.29, 1.82) is 0 Å². The van der Waals surface area contributed by atoms with Gasteiger partial charge in [0.05, 0.1) is 6.04 Å². The van der Waals surface area contributed by atoms with Gasteiger partial charge in [-0.25, -0.2) is 0 Å². The Morgan fingerprint density at radius 1 is 1.16 bits per heavy atom. The normalized spacial score (nSPS) is 19.5. The van der Waals surface area contributed by atoms with E-state index < -0.39 is 0 Å². The molecular formula is C15H19N3S. The Hall–Kier alpha value is -1.26. The maximum absolute atomic E-state index is 6.28. The highest BCUT2D eigenvalue weighted by Gasteiger charge is 2.34. The van der Waals surface area contributed by atoms with Gasteiger partial charge in [0.1, 0.15) is 10.0 Å². The number of nitrogens with two attached hydrogens (primary N) is 1. The Bertz CT molecular complexity index is 544. The molecule has 0 spiro atoms. The second-order valence-corrected chi connectivity index (χ2v) is 6.61. The largest absolute Gasteiger partial charge is 0.318 e. The van der Waals surface area contributed by atoms with Crippen LogP contribution in [0.25, 0.3) is 0 Å². The molecule has 1 atom stereocenters. The van der Waals surface area contributed by atoms with E-state index in [1.807, 2.05) is 30.3 Å². The first-order valence-corrected chi connectivity index (χ1v) is 7.65. The number of nitrogens with zero attached hydrogens (tertiary/aromatic N) is 2. The van der Waals surface area contributed by atoms with Crippen molar-refractivity contribution in [3.63, 3.8) is 0 Å². The summed E-state index contributed by atoms with van der Waals surface area (Å²) in [4.78, 5) is 0. The van der Waals surface area contributed by atoms with Gasteiger partial charge in [0.25, 0.3) is 0 Å². The van der Waals surface area contributed by atoms with Gasteiger partial charge < -0.3 is 5.73 Å². The maximum atomic E-state index is 6.28. The third kappa shape index (κ3) is 2.42. The molecule has 19 heavy (non-hydrogen) atoms. The highest BCUT2D eigenvalue weighted by Crippen LogP contribution is 2.42. The van der Waals surface area contributed by atoms with Crippen LogP contribution in [0.5, 0.6) is 0 Å². The molecule has 0 radical (unpaired) electrons. The van der Waals surface area contributed by atoms with E-state index >= 15 is 0 Å². The SMILES string of the molecule is CC1(c2nnc(C(N)c3ccccc3)s2)CCCC1. The molecular weight excluding hydrogens is 254 g/mol. The van der Waals surface area contributed by atoms with Crippen molar-refractivity contribution < 1.29 is 0 Å². The highest BCUT2D eigenvalue weighted by atomic mass is 32.1. The molecule has 0 bridgehead atoms. The first kappa shape index (κ1) is 12.8. The molecule has 4 heteroatoms. The number of rotatable bonds is 3. The summed E-state index contributed by atoms with van der Waals surface area (Å²) in [5.41, 5.74) is 7.61. The van der Waals surface area contributed by atoms with E-state index in [9.17, 15) is 0 Å². The van der Waals surface area contributed by atoms with Crippen LogP contribution in [0.2, 0.25) is 0 Å². The average molecular weight is 273 g/mol. The van der Waals surface area contributed by atoms with Gasteiger partial charge in [0.2, 0.25) is 0 Å². The molecule has 100 valence electrons. The maximum Gasteiger partial charge on any atom is 0.138 e. The molecule has 0 aliphatic heterocycles. The van der Waals surface area contributed by atoms with E-state index in [2.05, 4.69) is 17.1 Å². The predicted molar refractivity (Wildman–Crippen MR) is 78.2 cm³/mol. The van der Waals surface area contributed by atoms with Crippen molar-refractivity contribution in [2.45, 2.75) is 44.1 Å². The van der Waals surface area contributed by atoms with Crippen LogP contribution in [0.1, 0.15) is 54.2 Å². The van der Waals surface area contributed by atoms with Crippen molar-refractivity contribution >= 4 is 11.3 Å². The molecule has 1 saturated carbocycles. The molecule has 2 N–H and O–H groups in total. The van der Waals surface area contributed by atoms with Gasteiger partial charge in [-0.05, 0) is 18.4 Å². The molecule has 0 amide bonds. The molecule has 1 aromatic carbocycles. The molecule has 0 saturated heterocycles. The van der Waals surface area contributed by atoms with Gasteiger partial charge in [0.15, 0.2) is 0 Å². The summed E-state index contributed by atoms with van der Waals surface area (Å²) in [7, 11) is 0. The van der Waals surface area contributed by atoms with Gasteiger partial charge in [-0.2, -0.15) is 0 Å². The summed E-state index contributed by atoms with van der Waals surface area (Å²) in [6.45, 7) is 2.30. The molecule has 3 nitrogen and oxygen atoms in total. The zero-order valence-corrected chi connectivity index (χ0v) is 12.0. The lowest BCUT2D eigenvalue weighted by Crippen LogP contribution is -2.16. The van der Waals surface area contributed by atoms with Crippen LogP contribution in [-0.4, -0.2) is 10.2 Å². The average Bonchev–Trinajstić information content (AvgIpc) is 3.08. The minimum absolute atomic E-state index is 0.155. The number of aromatic nitrogens is 2. The highest BCUT2D eigenvalue weighted by molar-refractivity contribution is 7.11. The lowest BCUT2D eigenvalue weighted by atomic mass is 9.90. The van der Waals surface area contributed by atoms with E-state index in [0.717, 1.165) is 15.6 Å². The standard InChI is InChI=1S/C15H19N3S/c1-15(9-5-6-10-15)14-18-17-13(19-14)12(16)11-7-3-2-4-8-11/h2-4,7-8,12H,5-6,9-10,16H2,1H3. The van der Waals surface area contributed by atoms with Crippen molar-refractivity contribution in [2.24, 2.45) is 5.73 Å². The first-order valence-electron chi connectivity index (χ1n) is 6.83. The van der Waals surface area contributed by atoms with Crippen LogP contribution in [0.4, 0.5) is 0 Å². The summed E-state index contributed by atoms with van der Waals surface area (Å²) >= 11 is 1.68. The summed E-state index contributed by atoms with van der Waals surface area (Å²) in [5.74, 6) is 0. The fraction of sp³-hybridized carbons (Fsp3) is 0.467. The van der Waals surface area contributed by atoms with Crippen LogP contribution in [0, 0.1) is 0 Å². The minimum atomic E-state index is -0.155. The second kappa shape index (κ2) is 5.02. The van der Waals surface area contributed by atoms with E-state index in [1.165, 1.54) is 25.7 Å². The van der Waals surface area contributed by atoms with E-state index in [-0.39, 0.29) is 11.5 Å². The quantitative estimate of drug-likeness (QED) is 0.932. The van der Waals surface area contributed by atoms with Crippen LogP contribution in [0.15, 0.2) is 30.3 Å². The number of hydrogen-bond donors (Lipinski definition) is 1. The van der Waals surface area contributed by atoms with Crippen molar-refractivity contribution in [3.8, 4) is 0 Å². The fourth-order valence-corrected chi connectivity index (χ4v) is 3.85. The van der Waals surface area contributed by atoms with E-state index in [4.69, 9.17) is 5.73 Å². The van der Waals surface area contributed by atoms with Crippen molar-refractivity contribution in [1.82, 2.24) is 10.2 Å². The topological polar surface area (TPSA) is 51.8 Å². The summed E-state index contributed by atoms with van der Waals surface area (Å²) in [6.07, 6.45) is 5.05. The monoisotopic (exact) mass is 273 g/mol. The summed E-state index contributed by atoms with van der Waals surface area (Å²) in [6, 6.07) is 9.95. The van der Waals surface area contributed by atoms with Crippen LogP contribution in [0.3, 0.4) is 0 Å². The van der Waals surface area contributed by atoms with E-state index in [0.29, 0.717) is 0 Å². The third-order valence-electron chi connectivity index (χ3n) is 4.09. The van der Waals surface area contributed by atoms with Gasteiger partial charge >= 0.3 is 0 Å². The Labute approximate surface area is 117 Å². The molecule has 3 rings (SSSR count). The Balaban J connectivity index is 1.85. The fourth-order valence-electron chi connectivity index (χ4n) is 2.78. The Morgan fingerprint density at radius 3 is 2.53 bits per heavy atom. The molecule has 2 aromatic rings.